The first-order valence-electron chi connectivity index (χ1n) is 7.28. The number of methoxy groups -OCH3 is 1. The van der Waals surface area contributed by atoms with Crippen molar-refractivity contribution in [3.05, 3.63) is 12.2 Å². The molecule has 0 saturated heterocycles. The van der Waals surface area contributed by atoms with Gasteiger partial charge in [-0.15, -0.1) is 0 Å². The molecule has 1 aliphatic rings. The van der Waals surface area contributed by atoms with Gasteiger partial charge in [-0.2, -0.15) is 0 Å². The molecule has 0 aromatic rings. The van der Waals surface area contributed by atoms with Crippen LogP contribution in [0.15, 0.2) is 12.2 Å². The van der Waals surface area contributed by atoms with Crippen LogP contribution in [0.1, 0.15) is 57.8 Å². The monoisotopic (exact) mass is 366 g/mol. The lowest BCUT2D eigenvalue weighted by Gasteiger charge is -2.21. The molecule has 0 N–H and O–H groups in total. The van der Waals surface area contributed by atoms with Crippen LogP contribution in [0.5, 0.6) is 0 Å². The number of rotatable bonds is 1. The van der Waals surface area contributed by atoms with E-state index in [0.29, 0.717) is 10.5 Å². The maximum atomic E-state index is 5.76. The van der Waals surface area contributed by atoms with Crippen LogP contribution in [-0.4, -0.2) is 23.9 Å². The summed E-state index contributed by atoms with van der Waals surface area (Å²) in [7, 11) is 1.74. The largest absolute Gasteiger partial charge is 0.355 e. The van der Waals surface area contributed by atoms with E-state index in [1.165, 1.54) is 57.8 Å². The maximum Gasteiger partial charge on any atom is 0.169 e. The number of hydrogen-bond acceptors (Lipinski definition) is 2. The number of ether oxygens (including phenoxy) is 2. The molecule has 0 aromatic heterocycles. The molecule has 1 heterocycles. The molecule has 2 nitrogen and oxygen atoms in total. The van der Waals surface area contributed by atoms with E-state index in [1.54, 1.807) is 7.11 Å². The first-order chi connectivity index (χ1) is 8.84. The van der Waals surface area contributed by atoms with E-state index < -0.39 is 0 Å². The van der Waals surface area contributed by atoms with Gasteiger partial charge in [0.15, 0.2) is 6.29 Å². The zero-order chi connectivity index (χ0) is 13.1. The van der Waals surface area contributed by atoms with Gasteiger partial charge < -0.3 is 9.47 Å². The summed E-state index contributed by atoms with van der Waals surface area (Å²) >= 11 is 2.46. The minimum absolute atomic E-state index is 0.0552. The Morgan fingerprint density at radius 2 is 1.67 bits per heavy atom. The summed E-state index contributed by atoms with van der Waals surface area (Å²) in [5.41, 5.74) is 0. The molecule has 0 aromatic carbocycles. The van der Waals surface area contributed by atoms with Gasteiger partial charge in [0.25, 0.3) is 0 Å². The summed E-state index contributed by atoms with van der Waals surface area (Å²) in [5.74, 6) is 0. The molecule has 0 aliphatic carbocycles. The lowest BCUT2D eigenvalue weighted by Crippen LogP contribution is -2.26. The third-order valence-corrected chi connectivity index (χ3v) is 4.61. The van der Waals surface area contributed by atoms with Crippen LogP contribution in [0.2, 0.25) is 0 Å². The SMILES string of the molecule is CO[C@@H]1OC/C=C\CCCCCCCCCC1I. The van der Waals surface area contributed by atoms with Crippen molar-refractivity contribution in [1.82, 2.24) is 0 Å². The highest BCUT2D eigenvalue weighted by molar-refractivity contribution is 14.1. The fraction of sp³-hybridized carbons (Fsp3) is 0.867. The standard InChI is InChI=1S/C15H27IO2/c1-17-15-14(16)12-10-8-6-4-2-3-5-7-9-11-13-18-15/h9,11,14-15H,2-8,10,12-13H2,1H3/b11-9-/t14?,15-/m1/s1. The maximum absolute atomic E-state index is 5.76. The van der Waals surface area contributed by atoms with Crippen molar-refractivity contribution >= 4 is 22.6 Å². The summed E-state index contributed by atoms with van der Waals surface area (Å²) in [6.45, 7) is 0.679. The van der Waals surface area contributed by atoms with Crippen molar-refractivity contribution in [1.29, 1.82) is 0 Å². The van der Waals surface area contributed by atoms with Gasteiger partial charge in [-0.1, -0.05) is 73.3 Å². The van der Waals surface area contributed by atoms with Gasteiger partial charge in [0, 0.05) is 7.11 Å². The van der Waals surface area contributed by atoms with Gasteiger partial charge >= 0.3 is 0 Å². The van der Waals surface area contributed by atoms with Gasteiger partial charge in [0.2, 0.25) is 0 Å². The Bertz CT molecular complexity index is 219. The Morgan fingerprint density at radius 3 is 2.39 bits per heavy atom. The Hall–Kier alpha value is 0.390. The van der Waals surface area contributed by atoms with E-state index in [4.69, 9.17) is 9.47 Å². The predicted octanol–water partition coefficient (Wildman–Crippen LogP) is 4.86. The van der Waals surface area contributed by atoms with Crippen molar-refractivity contribution in [2.24, 2.45) is 0 Å². The number of hydrogen-bond donors (Lipinski definition) is 0. The van der Waals surface area contributed by atoms with E-state index in [0.717, 1.165) is 0 Å². The van der Waals surface area contributed by atoms with Crippen LogP contribution in [-0.2, 0) is 9.47 Å². The highest BCUT2D eigenvalue weighted by atomic mass is 127. The first kappa shape index (κ1) is 16.4. The molecule has 18 heavy (non-hydrogen) atoms. The van der Waals surface area contributed by atoms with Crippen molar-refractivity contribution in [3.8, 4) is 0 Å². The third-order valence-electron chi connectivity index (χ3n) is 3.40. The highest BCUT2D eigenvalue weighted by Crippen LogP contribution is 2.20. The van der Waals surface area contributed by atoms with Gasteiger partial charge in [-0.25, -0.2) is 0 Å². The van der Waals surface area contributed by atoms with E-state index in [2.05, 4.69) is 34.7 Å². The third kappa shape index (κ3) is 7.74. The molecular weight excluding hydrogens is 339 g/mol. The zero-order valence-corrected chi connectivity index (χ0v) is 13.7. The summed E-state index contributed by atoms with van der Waals surface area (Å²) in [6.07, 6.45) is 16.2. The fourth-order valence-electron chi connectivity index (χ4n) is 2.28. The Balaban J connectivity index is 2.35. The zero-order valence-electron chi connectivity index (χ0n) is 11.6. The van der Waals surface area contributed by atoms with Crippen LogP contribution in [0.25, 0.3) is 0 Å². The normalized spacial score (nSPS) is 31.2. The van der Waals surface area contributed by atoms with Crippen LogP contribution in [0, 0.1) is 0 Å². The predicted molar refractivity (Wildman–Crippen MR) is 85.3 cm³/mol. The quantitative estimate of drug-likeness (QED) is 0.375. The Kier molecular flexibility index (Phi) is 10.3. The molecule has 1 unspecified atom stereocenters. The van der Waals surface area contributed by atoms with Crippen LogP contribution in [0.4, 0.5) is 0 Å². The summed E-state index contributed by atoms with van der Waals surface area (Å²) < 4.78 is 11.7. The highest BCUT2D eigenvalue weighted by Gasteiger charge is 2.17. The van der Waals surface area contributed by atoms with Gasteiger partial charge in [0.05, 0.1) is 10.5 Å². The van der Waals surface area contributed by atoms with Crippen molar-refractivity contribution in [3.63, 3.8) is 0 Å². The lowest BCUT2D eigenvalue weighted by atomic mass is 10.1. The molecule has 3 heteroatoms. The summed E-state index contributed by atoms with van der Waals surface area (Å²) in [5, 5.41) is 0. The van der Waals surface area contributed by atoms with Gasteiger partial charge in [-0.05, 0) is 19.3 Å². The molecule has 1 aliphatic heterocycles. The van der Waals surface area contributed by atoms with E-state index in [-0.39, 0.29) is 6.29 Å². The molecule has 1 rings (SSSR count). The summed E-state index contributed by atoms with van der Waals surface area (Å²) in [6, 6.07) is 0. The fourth-order valence-corrected chi connectivity index (χ4v) is 3.22. The van der Waals surface area contributed by atoms with E-state index in [1.807, 2.05) is 0 Å². The molecule has 2 atom stereocenters. The molecular formula is C15H27IO2. The van der Waals surface area contributed by atoms with Crippen LogP contribution < -0.4 is 0 Å². The topological polar surface area (TPSA) is 18.5 Å². The van der Waals surface area contributed by atoms with Crippen molar-refractivity contribution in [2.75, 3.05) is 13.7 Å². The van der Waals surface area contributed by atoms with Crippen molar-refractivity contribution in [2.45, 2.75) is 68.0 Å². The van der Waals surface area contributed by atoms with Crippen LogP contribution in [0.3, 0.4) is 0 Å². The second kappa shape index (κ2) is 11.2. The van der Waals surface area contributed by atoms with Crippen LogP contribution >= 0.6 is 22.6 Å². The minimum Gasteiger partial charge on any atom is -0.355 e. The molecule has 0 fully saturated rings. The molecule has 106 valence electrons. The van der Waals surface area contributed by atoms with E-state index >= 15 is 0 Å². The molecule has 0 spiro atoms. The van der Waals surface area contributed by atoms with Gasteiger partial charge in [0.1, 0.15) is 0 Å². The Morgan fingerprint density at radius 1 is 1.00 bits per heavy atom. The lowest BCUT2D eigenvalue weighted by molar-refractivity contribution is -0.112. The average Bonchev–Trinajstić information content (AvgIpc) is 2.39. The molecule has 0 saturated carbocycles. The smallest absolute Gasteiger partial charge is 0.169 e. The number of halogens is 1. The second-order valence-electron chi connectivity index (χ2n) is 4.98. The molecule has 0 amide bonds. The number of allylic oxidation sites excluding steroid dienone is 1. The first-order valence-corrected chi connectivity index (χ1v) is 8.52. The molecule has 0 bridgehead atoms. The average molecular weight is 366 g/mol. The van der Waals surface area contributed by atoms with Crippen molar-refractivity contribution < 1.29 is 9.47 Å². The summed E-state index contributed by atoms with van der Waals surface area (Å²) in [4.78, 5) is 0. The van der Waals surface area contributed by atoms with E-state index in [9.17, 15) is 0 Å². The number of alkyl halides is 1. The second-order valence-corrected chi connectivity index (χ2v) is 6.58. The van der Waals surface area contributed by atoms with Gasteiger partial charge in [-0.3, -0.25) is 0 Å². The Labute approximate surface area is 126 Å². The minimum atomic E-state index is -0.0552. The molecule has 0 radical (unpaired) electrons.